The lowest BCUT2D eigenvalue weighted by Crippen LogP contribution is -2.13. The highest BCUT2D eigenvalue weighted by molar-refractivity contribution is 7.92. The van der Waals surface area contributed by atoms with Crippen LogP contribution in [0.5, 0.6) is 0 Å². The van der Waals surface area contributed by atoms with Crippen LogP contribution in [0.1, 0.15) is 5.56 Å². The molecule has 20 heavy (non-hydrogen) atoms. The molecule has 2 aromatic rings. The second-order valence-electron chi connectivity index (χ2n) is 4.03. The summed E-state index contributed by atoms with van der Waals surface area (Å²) in [5.41, 5.74) is 0.885. The van der Waals surface area contributed by atoms with E-state index in [1.807, 2.05) is 0 Å². The standard InChI is InChI=1S/C13H11Cl2NO3S/c14-10-3-6-13(12(15)7-10)16-20(18,19)11-4-1-9(8-17)2-5-11/h1-7,16-17H,8H2. The van der Waals surface area contributed by atoms with Crippen LogP contribution in [0, 0.1) is 0 Å². The number of hydrogen-bond acceptors (Lipinski definition) is 3. The summed E-state index contributed by atoms with van der Waals surface area (Å²) in [6.07, 6.45) is 0. The largest absolute Gasteiger partial charge is 0.392 e. The van der Waals surface area contributed by atoms with Crippen LogP contribution < -0.4 is 4.72 Å². The van der Waals surface area contributed by atoms with Gasteiger partial charge in [0.25, 0.3) is 10.0 Å². The van der Waals surface area contributed by atoms with Gasteiger partial charge < -0.3 is 5.11 Å². The van der Waals surface area contributed by atoms with Crippen LogP contribution in [-0.2, 0) is 16.6 Å². The average molecular weight is 332 g/mol. The van der Waals surface area contributed by atoms with E-state index in [0.717, 1.165) is 0 Å². The first-order valence-corrected chi connectivity index (χ1v) is 7.84. The highest BCUT2D eigenvalue weighted by Gasteiger charge is 2.15. The molecule has 0 heterocycles. The van der Waals surface area contributed by atoms with Gasteiger partial charge in [-0.25, -0.2) is 8.42 Å². The van der Waals surface area contributed by atoms with E-state index >= 15 is 0 Å². The van der Waals surface area contributed by atoms with Crippen molar-refractivity contribution in [3.05, 3.63) is 58.1 Å². The Balaban J connectivity index is 2.30. The molecule has 7 heteroatoms. The van der Waals surface area contributed by atoms with Crippen LogP contribution in [0.25, 0.3) is 0 Å². The van der Waals surface area contributed by atoms with Gasteiger partial charge in [-0.2, -0.15) is 0 Å². The van der Waals surface area contributed by atoms with Gasteiger partial charge in [0.2, 0.25) is 0 Å². The SMILES string of the molecule is O=S(=O)(Nc1ccc(Cl)cc1Cl)c1ccc(CO)cc1. The number of aliphatic hydroxyl groups is 1. The molecule has 0 aliphatic heterocycles. The molecule has 0 aromatic heterocycles. The monoisotopic (exact) mass is 331 g/mol. The van der Waals surface area contributed by atoms with E-state index < -0.39 is 10.0 Å². The molecule has 2 aromatic carbocycles. The minimum Gasteiger partial charge on any atom is -0.392 e. The Morgan fingerprint density at radius 2 is 1.70 bits per heavy atom. The number of anilines is 1. The summed E-state index contributed by atoms with van der Waals surface area (Å²) >= 11 is 11.7. The first-order chi connectivity index (χ1) is 9.42. The number of sulfonamides is 1. The Labute approximate surface area is 127 Å². The van der Waals surface area contributed by atoms with Gasteiger partial charge >= 0.3 is 0 Å². The fraction of sp³-hybridized carbons (Fsp3) is 0.0769. The third-order valence-corrected chi connectivity index (χ3v) is 4.52. The third-order valence-electron chi connectivity index (χ3n) is 2.59. The van der Waals surface area contributed by atoms with Crippen molar-refractivity contribution in [2.24, 2.45) is 0 Å². The molecule has 0 spiro atoms. The maximum atomic E-state index is 12.2. The van der Waals surface area contributed by atoms with Crippen molar-refractivity contribution < 1.29 is 13.5 Å². The van der Waals surface area contributed by atoms with E-state index in [1.165, 1.54) is 36.4 Å². The van der Waals surface area contributed by atoms with Crippen molar-refractivity contribution in [3.8, 4) is 0 Å². The number of halogens is 2. The predicted molar refractivity (Wildman–Crippen MR) is 79.6 cm³/mol. The van der Waals surface area contributed by atoms with Gasteiger partial charge in [0, 0.05) is 5.02 Å². The molecular formula is C13H11Cl2NO3S. The number of rotatable bonds is 4. The van der Waals surface area contributed by atoms with Gasteiger partial charge in [-0.3, -0.25) is 4.72 Å². The molecule has 0 atom stereocenters. The van der Waals surface area contributed by atoms with Crippen LogP contribution in [0.3, 0.4) is 0 Å². The fourth-order valence-corrected chi connectivity index (χ4v) is 3.14. The molecule has 0 fully saturated rings. The summed E-state index contributed by atoms with van der Waals surface area (Å²) < 4.78 is 26.7. The number of nitrogens with one attached hydrogen (secondary N) is 1. The van der Waals surface area contributed by atoms with E-state index in [-0.39, 0.29) is 22.2 Å². The maximum Gasteiger partial charge on any atom is 0.261 e. The number of hydrogen-bond donors (Lipinski definition) is 2. The van der Waals surface area contributed by atoms with E-state index in [4.69, 9.17) is 28.3 Å². The average Bonchev–Trinajstić information content (AvgIpc) is 2.42. The summed E-state index contributed by atoms with van der Waals surface area (Å²) in [5.74, 6) is 0. The minimum atomic E-state index is -3.73. The van der Waals surface area contributed by atoms with Gasteiger partial charge in [0.05, 0.1) is 22.2 Å². The summed E-state index contributed by atoms with van der Waals surface area (Å²) in [6, 6.07) is 10.4. The van der Waals surface area contributed by atoms with Crippen molar-refractivity contribution in [2.45, 2.75) is 11.5 Å². The van der Waals surface area contributed by atoms with E-state index in [2.05, 4.69) is 4.72 Å². The number of aliphatic hydroxyl groups excluding tert-OH is 1. The molecule has 0 saturated carbocycles. The number of benzene rings is 2. The first kappa shape index (κ1) is 15.1. The Bertz CT molecular complexity index is 715. The van der Waals surface area contributed by atoms with Crippen molar-refractivity contribution in [1.29, 1.82) is 0 Å². The molecule has 0 bridgehead atoms. The van der Waals surface area contributed by atoms with Crippen LogP contribution in [0.15, 0.2) is 47.4 Å². The van der Waals surface area contributed by atoms with Crippen LogP contribution in [0.4, 0.5) is 5.69 Å². The van der Waals surface area contributed by atoms with E-state index in [9.17, 15) is 8.42 Å². The quantitative estimate of drug-likeness (QED) is 0.903. The lowest BCUT2D eigenvalue weighted by atomic mass is 10.2. The summed E-state index contributed by atoms with van der Waals surface area (Å²) in [7, 11) is -3.73. The van der Waals surface area contributed by atoms with Crippen LogP contribution in [0.2, 0.25) is 10.0 Å². The van der Waals surface area contributed by atoms with Gasteiger partial charge in [-0.05, 0) is 35.9 Å². The first-order valence-electron chi connectivity index (χ1n) is 5.60. The molecule has 4 nitrogen and oxygen atoms in total. The highest BCUT2D eigenvalue weighted by atomic mass is 35.5. The second-order valence-corrected chi connectivity index (χ2v) is 6.56. The third kappa shape index (κ3) is 3.43. The van der Waals surface area contributed by atoms with Gasteiger partial charge in [-0.15, -0.1) is 0 Å². The van der Waals surface area contributed by atoms with Crippen LogP contribution in [-0.4, -0.2) is 13.5 Å². The van der Waals surface area contributed by atoms with Crippen molar-refractivity contribution in [2.75, 3.05) is 4.72 Å². The molecule has 0 saturated heterocycles. The van der Waals surface area contributed by atoms with Gasteiger partial charge in [0.1, 0.15) is 0 Å². The zero-order valence-corrected chi connectivity index (χ0v) is 12.5. The fourth-order valence-electron chi connectivity index (χ4n) is 1.55. The maximum absolute atomic E-state index is 12.2. The predicted octanol–water partition coefficient (Wildman–Crippen LogP) is 3.29. The second kappa shape index (κ2) is 6.01. The van der Waals surface area contributed by atoms with Gasteiger partial charge in [0.15, 0.2) is 0 Å². The molecule has 106 valence electrons. The molecule has 0 aliphatic rings. The Hall–Kier alpha value is -1.27. The molecule has 0 radical (unpaired) electrons. The molecule has 2 N–H and O–H groups in total. The van der Waals surface area contributed by atoms with Crippen LogP contribution >= 0.6 is 23.2 Å². The van der Waals surface area contributed by atoms with Crippen molar-refractivity contribution in [1.82, 2.24) is 0 Å². The zero-order valence-electron chi connectivity index (χ0n) is 10.2. The molecule has 0 amide bonds. The smallest absolute Gasteiger partial charge is 0.261 e. The lowest BCUT2D eigenvalue weighted by molar-refractivity contribution is 0.282. The zero-order chi connectivity index (χ0) is 14.8. The lowest BCUT2D eigenvalue weighted by Gasteiger charge is -2.10. The van der Waals surface area contributed by atoms with Crippen molar-refractivity contribution in [3.63, 3.8) is 0 Å². The Morgan fingerprint density at radius 3 is 2.25 bits per heavy atom. The Kier molecular flexibility index (Phi) is 4.55. The Morgan fingerprint density at radius 1 is 1.05 bits per heavy atom. The minimum absolute atomic E-state index is 0.0840. The molecule has 0 unspecified atom stereocenters. The summed E-state index contributed by atoms with van der Waals surface area (Å²) in [4.78, 5) is 0.0840. The molecular weight excluding hydrogens is 321 g/mol. The molecule has 0 aliphatic carbocycles. The normalized spacial score (nSPS) is 11.3. The van der Waals surface area contributed by atoms with E-state index in [1.54, 1.807) is 6.07 Å². The topological polar surface area (TPSA) is 66.4 Å². The molecule has 2 rings (SSSR count). The highest BCUT2D eigenvalue weighted by Crippen LogP contribution is 2.27. The summed E-state index contributed by atoms with van der Waals surface area (Å²) in [6.45, 7) is -0.142. The van der Waals surface area contributed by atoms with E-state index in [0.29, 0.717) is 10.6 Å². The van der Waals surface area contributed by atoms with Crippen molar-refractivity contribution >= 4 is 38.9 Å². The summed E-state index contributed by atoms with van der Waals surface area (Å²) in [5, 5.41) is 9.57. The van der Waals surface area contributed by atoms with Gasteiger partial charge in [-0.1, -0.05) is 35.3 Å².